The van der Waals surface area contributed by atoms with Crippen LogP contribution in [0.15, 0.2) is 53.9 Å². The van der Waals surface area contributed by atoms with Gasteiger partial charge in [-0.1, -0.05) is 30.3 Å². The number of nitrogens with one attached hydrogen (secondary N) is 1. The van der Waals surface area contributed by atoms with Crippen LogP contribution in [0.25, 0.3) is 10.8 Å². The summed E-state index contributed by atoms with van der Waals surface area (Å²) < 4.78 is 0. The highest BCUT2D eigenvalue weighted by atomic mass is 32.1. The van der Waals surface area contributed by atoms with Crippen molar-refractivity contribution >= 4 is 28.0 Å². The molecule has 3 aromatic rings. The second-order valence-corrected chi connectivity index (χ2v) is 6.20. The number of thiophene rings is 1. The van der Waals surface area contributed by atoms with Gasteiger partial charge in [0.25, 0.3) is 5.91 Å². The molecule has 0 bridgehead atoms. The van der Waals surface area contributed by atoms with Crippen LogP contribution in [0.2, 0.25) is 0 Å². The molecule has 0 saturated carbocycles. The van der Waals surface area contributed by atoms with E-state index in [1.165, 1.54) is 11.3 Å². The van der Waals surface area contributed by atoms with Gasteiger partial charge in [0.15, 0.2) is 0 Å². The molecule has 4 heteroatoms. The van der Waals surface area contributed by atoms with Gasteiger partial charge in [0.05, 0.1) is 0 Å². The lowest BCUT2D eigenvalue weighted by Crippen LogP contribution is -2.28. The Morgan fingerprint density at radius 3 is 2.68 bits per heavy atom. The zero-order valence-corrected chi connectivity index (χ0v) is 13.1. The van der Waals surface area contributed by atoms with Crippen LogP contribution in [0.3, 0.4) is 0 Å². The summed E-state index contributed by atoms with van der Waals surface area (Å²) in [5, 5.41) is 17.0. The normalized spacial score (nSPS) is 12.3. The number of fused-ring (bicyclic) bond motifs is 1. The summed E-state index contributed by atoms with van der Waals surface area (Å²) >= 11 is 1.51. The maximum Gasteiger partial charge on any atom is 0.251 e. The second-order valence-electron chi connectivity index (χ2n) is 5.26. The molecule has 3 rings (SSSR count). The molecule has 22 heavy (non-hydrogen) atoms. The zero-order chi connectivity index (χ0) is 15.5. The fourth-order valence-corrected chi connectivity index (χ4v) is 3.35. The highest BCUT2D eigenvalue weighted by molar-refractivity contribution is 7.10. The van der Waals surface area contributed by atoms with Gasteiger partial charge in [0.1, 0.15) is 6.10 Å². The molecule has 1 aromatic heterocycles. The van der Waals surface area contributed by atoms with Gasteiger partial charge >= 0.3 is 0 Å². The van der Waals surface area contributed by atoms with Crippen molar-refractivity contribution < 1.29 is 9.90 Å². The Hall–Kier alpha value is -2.17. The number of aliphatic hydroxyl groups is 1. The van der Waals surface area contributed by atoms with Crippen LogP contribution in [0.4, 0.5) is 0 Å². The summed E-state index contributed by atoms with van der Waals surface area (Å²) in [6.45, 7) is 2.17. The number of amides is 1. The van der Waals surface area contributed by atoms with Gasteiger partial charge in [0, 0.05) is 17.0 Å². The van der Waals surface area contributed by atoms with E-state index in [1.54, 1.807) is 6.07 Å². The number of aryl methyl sites for hydroxylation is 1. The van der Waals surface area contributed by atoms with Gasteiger partial charge in [-0.25, -0.2) is 0 Å². The molecule has 2 N–H and O–H groups in total. The lowest BCUT2D eigenvalue weighted by atomic mass is 10.1. The molecular formula is C18H17NO2S. The molecule has 2 aromatic carbocycles. The first-order chi connectivity index (χ1) is 10.6. The first kappa shape index (κ1) is 14.8. The van der Waals surface area contributed by atoms with E-state index in [4.69, 9.17) is 0 Å². The van der Waals surface area contributed by atoms with Gasteiger partial charge in [-0.2, -0.15) is 0 Å². The molecule has 112 valence electrons. The molecule has 0 saturated heterocycles. The Kier molecular flexibility index (Phi) is 4.22. The average Bonchev–Trinajstić information content (AvgIpc) is 2.98. The van der Waals surface area contributed by atoms with E-state index in [0.29, 0.717) is 5.56 Å². The van der Waals surface area contributed by atoms with E-state index in [1.807, 2.05) is 54.8 Å². The van der Waals surface area contributed by atoms with Crippen molar-refractivity contribution in [3.8, 4) is 0 Å². The standard InChI is InChI=1S/C18H17NO2S/c1-12-8-9-22-17(12)16(20)11-19-18(21)15-7-6-13-4-2-3-5-14(13)10-15/h2-10,16,20H,11H2,1H3,(H,19,21). The van der Waals surface area contributed by atoms with Crippen molar-refractivity contribution in [3.05, 3.63) is 69.9 Å². The Labute approximate surface area is 133 Å². The van der Waals surface area contributed by atoms with Gasteiger partial charge < -0.3 is 10.4 Å². The monoisotopic (exact) mass is 311 g/mol. The summed E-state index contributed by atoms with van der Waals surface area (Å²) in [5.74, 6) is -0.168. The molecule has 3 nitrogen and oxygen atoms in total. The number of aliphatic hydroxyl groups excluding tert-OH is 1. The smallest absolute Gasteiger partial charge is 0.251 e. The number of hydrogen-bond acceptors (Lipinski definition) is 3. The van der Waals surface area contributed by atoms with Crippen LogP contribution >= 0.6 is 11.3 Å². The van der Waals surface area contributed by atoms with Crippen molar-refractivity contribution in [2.45, 2.75) is 13.0 Å². The third-order valence-corrected chi connectivity index (χ3v) is 4.79. The van der Waals surface area contributed by atoms with E-state index in [9.17, 15) is 9.90 Å². The van der Waals surface area contributed by atoms with Crippen molar-refractivity contribution in [3.63, 3.8) is 0 Å². The number of carbonyl (C=O) groups excluding carboxylic acids is 1. The molecule has 0 radical (unpaired) electrons. The minimum absolute atomic E-state index is 0.168. The SMILES string of the molecule is Cc1ccsc1C(O)CNC(=O)c1ccc2ccccc2c1. The Morgan fingerprint density at radius 2 is 1.95 bits per heavy atom. The fraction of sp³-hybridized carbons (Fsp3) is 0.167. The Balaban J connectivity index is 1.69. The molecule has 0 aliphatic heterocycles. The number of benzene rings is 2. The molecule has 0 aliphatic rings. The molecule has 0 aliphatic carbocycles. The predicted molar refractivity (Wildman–Crippen MR) is 90.3 cm³/mol. The van der Waals surface area contributed by atoms with E-state index >= 15 is 0 Å². The lowest BCUT2D eigenvalue weighted by molar-refractivity contribution is 0.0918. The summed E-state index contributed by atoms with van der Waals surface area (Å²) in [6.07, 6.45) is -0.663. The number of hydrogen-bond donors (Lipinski definition) is 2. The van der Waals surface area contributed by atoms with Crippen LogP contribution in [0.5, 0.6) is 0 Å². The third kappa shape index (κ3) is 3.03. The van der Waals surface area contributed by atoms with Crippen LogP contribution in [0, 0.1) is 6.92 Å². The van der Waals surface area contributed by atoms with Crippen molar-refractivity contribution in [2.24, 2.45) is 0 Å². The highest BCUT2D eigenvalue weighted by Crippen LogP contribution is 2.23. The molecule has 0 spiro atoms. The number of carbonyl (C=O) groups is 1. The minimum atomic E-state index is -0.663. The van der Waals surface area contributed by atoms with E-state index in [2.05, 4.69) is 5.32 Å². The summed E-state index contributed by atoms with van der Waals surface area (Å²) in [6, 6.07) is 15.5. The van der Waals surface area contributed by atoms with Crippen LogP contribution in [-0.4, -0.2) is 17.6 Å². The first-order valence-electron chi connectivity index (χ1n) is 7.14. The second kappa shape index (κ2) is 6.30. The summed E-state index contributed by atoms with van der Waals surface area (Å²) in [5.41, 5.74) is 1.66. The van der Waals surface area contributed by atoms with Crippen LogP contribution in [0.1, 0.15) is 26.9 Å². The minimum Gasteiger partial charge on any atom is -0.386 e. The molecule has 1 amide bonds. The van der Waals surface area contributed by atoms with E-state index in [-0.39, 0.29) is 12.5 Å². The van der Waals surface area contributed by atoms with Crippen molar-refractivity contribution in [2.75, 3.05) is 6.54 Å². The Bertz CT molecular complexity index is 809. The average molecular weight is 311 g/mol. The molecule has 1 atom stereocenters. The van der Waals surface area contributed by atoms with E-state index < -0.39 is 6.10 Å². The van der Waals surface area contributed by atoms with Crippen LogP contribution in [-0.2, 0) is 0 Å². The fourth-order valence-electron chi connectivity index (χ4n) is 2.44. The first-order valence-corrected chi connectivity index (χ1v) is 8.02. The summed E-state index contributed by atoms with van der Waals surface area (Å²) in [4.78, 5) is 13.1. The maximum atomic E-state index is 12.2. The molecule has 0 fully saturated rings. The molecule has 1 heterocycles. The van der Waals surface area contributed by atoms with Gasteiger partial charge in [-0.15, -0.1) is 11.3 Å². The van der Waals surface area contributed by atoms with Crippen LogP contribution < -0.4 is 5.32 Å². The number of rotatable bonds is 4. The summed E-state index contributed by atoms with van der Waals surface area (Å²) in [7, 11) is 0. The zero-order valence-electron chi connectivity index (χ0n) is 12.2. The van der Waals surface area contributed by atoms with Crippen molar-refractivity contribution in [1.82, 2.24) is 5.32 Å². The predicted octanol–water partition coefficient (Wildman–Crippen LogP) is 3.67. The van der Waals surface area contributed by atoms with Gasteiger partial charge in [-0.05, 0) is 46.8 Å². The maximum absolute atomic E-state index is 12.2. The van der Waals surface area contributed by atoms with Gasteiger partial charge in [-0.3, -0.25) is 4.79 Å². The highest BCUT2D eigenvalue weighted by Gasteiger charge is 2.14. The Morgan fingerprint density at radius 1 is 1.18 bits per heavy atom. The largest absolute Gasteiger partial charge is 0.386 e. The third-order valence-electron chi connectivity index (χ3n) is 3.67. The topological polar surface area (TPSA) is 49.3 Å². The quantitative estimate of drug-likeness (QED) is 0.772. The lowest BCUT2D eigenvalue weighted by Gasteiger charge is -2.12. The van der Waals surface area contributed by atoms with E-state index in [0.717, 1.165) is 21.2 Å². The van der Waals surface area contributed by atoms with Gasteiger partial charge in [0.2, 0.25) is 0 Å². The van der Waals surface area contributed by atoms with Crippen molar-refractivity contribution in [1.29, 1.82) is 0 Å². The molecule has 1 unspecified atom stereocenters. The molecular weight excluding hydrogens is 294 g/mol.